The maximum atomic E-state index is 12.6. The largest absolute Gasteiger partial charge is 0.573 e. The zero-order valence-corrected chi connectivity index (χ0v) is 17.9. The van der Waals surface area contributed by atoms with Gasteiger partial charge in [0.05, 0.1) is 18.9 Å². The van der Waals surface area contributed by atoms with Gasteiger partial charge in [-0.1, -0.05) is 12.1 Å². The van der Waals surface area contributed by atoms with Gasteiger partial charge in [0.1, 0.15) is 11.6 Å². The fraction of sp³-hybridized carbons (Fsp3) is 0.524. The number of hydrogen-bond donors (Lipinski definition) is 2. The summed E-state index contributed by atoms with van der Waals surface area (Å²) < 4.78 is 47.2. The van der Waals surface area contributed by atoms with Crippen molar-refractivity contribution >= 4 is 11.8 Å². The van der Waals surface area contributed by atoms with Crippen molar-refractivity contribution in [2.75, 3.05) is 50.0 Å². The highest BCUT2D eigenvalue weighted by Gasteiger charge is 2.31. The van der Waals surface area contributed by atoms with Gasteiger partial charge in [-0.15, -0.1) is 13.2 Å². The Kier molecular flexibility index (Phi) is 7.22. The van der Waals surface area contributed by atoms with Gasteiger partial charge in [-0.3, -0.25) is 4.90 Å². The third-order valence-corrected chi connectivity index (χ3v) is 4.41. The smallest absolute Gasteiger partial charge is 0.406 e. The van der Waals surface area contributed by atoms with Gasteiger partial charge < -0.3 is 20.1 Å². The Labute approximate surface area is 180 Å². The van der Waals surface area contributed by atoms with E-state index < -0.39 is 6.36 Å². The van der Waals surface area contributed by atoms with Crippen LogP contribution in [-0.2, 0) is 4.74 Å². The second-order valence-electron chi connectivity index (χ2n) is 8.29. The minimum Gasteiger partial charge on any atom is -0.406 e. The van der Waals surface area contributed by atoms with Crippen molar-refractivity contribution in [2.24, 2.45) is 0 Å². The molecule has 0 aliphatic carbocycles. The predicted octanol–water partition coefficient (Wildman–Crippen LogP) is 4.00. The number of anilines is 2. The molecule has 0 radical (unpaired) electrons. The molecule has 0 bridgehead atoms. The molecule has 0 spiro atoms. The molecule has 2 aromatic rings. The van der Waals surface area contributed by atoms with Gasteiger partial charge in [-0.05, 0) is 32.9 Å². The molecule has 0 atom stereocenters. The van der Waals surface area contributed by atoms with Gasteiger partial charge in [0.25, 0.3) is 0 Å². The van der Waals surface area contributed by atoms with Crippen LogP contribution >= 0.6 is 0 Å². The van der Waals surface area contributed by atoms with Crippen LogP contribution in [0.25, 0.3) is 11.3 Å². The summed E-state index contributed by atoms with van der Waals surface area (Å²) in [5.41, 5.74) is 0.700. The summed E-state index contributed by atoms with van der Waals surface area (Å²) >= 11 is 0. The summed E-state index contributed by atoms with van der Waals surface area (Å²) in [6.45, 7) is 10.7. The molecule has 1 saturated heterocycles. The Hall–Kier alpha value is -2.59. The molecule has 1 aliphatic rings. The van der Waals surface area contributed by atoms with E-state index in [0.29, 0.717) is 29.6 Å². The van der Waals surface area contributed by atoms with Gasteiger partial charge in [0.2, 0.25) is 5.95 Å². The van der Waals surface area contributed by atoms with Crippen LogP contribution in [0.5, 0.6) is 5.75 Å². The van der Waals surface area contributed by atoms with Crippen LogP contribution in [0.3, 0.4) is 0 Å². The standard InChI is InChI=1S/C21H28F3N5O2/c1-20(2,3)28-19-26-17(15-5-4-6-16(13-15)31-21(22,23)24)14-18(27-19)25-7-8-29-9-11-30-12-10-29/h4-6,13-14H,7-12H2,1-3H3,(H2,25,26,27,28). The molecule has 7 nitrogen and oxygen atoms in total. The molecule has 3 rings (SSSR count). The Morgan fingerprint density at radius 3 is 2.52 bits per heavy atom. The highest BCUT2D eigenvalue weighted by molar-refractivity contribution is 5.66. The zero-order valence-electron chi connectivity index (χ0n) is 17.9. The second kappa shape index (κ2) is 9.69. The van der Waals surface area contributed by atoms with E-state index in [1.165, 1.54) is 18.2 Å². The van der Waals surface area contributed by atoms with E-state index in [1.807, 2.05) is 20.8 Å². The van der Waals surface area contributed by atoms with Crippen LogP contribution < -0.4 is 15.4 Å². The van der Waals surface area contributed by atoms with Crippen molar-refractivity contribution in [3.8, 4) is 17.0 Å². The number of ether oxygens (including phenoxy) is 2. The number of benzene rings is 1. The lowest BCUT2D eigenvalue weighted by molar-refractivity contribution is -0.274. The fourth-order valence-electron chi connectivity index (χ4n) is 3.10. The van der Waals surface area contributed by atoms with Gasteiger partial charge in [-0.25, -0.2) is 4.98 Å². The van der Waals surface area contributed by atoms with Crippen molar-refractivity contribution in [1.82, 2.24) is 14.9 Å². The minimum atomic E-state index is -4.75. The monoisotopic (exact) mass is 439 g/mol. The molecule has 1 aliphatic heterocycles. The maximum absolute atomic E-state index is 12.6. The third-order valence-electron chi connectivity index (χ3n) is 4.41. The van der Waals surface area contributed by atoms with Gasteiger partial charge >= 0.3 is 6.36 Å². The van der Waals surface area contributed by atoms with E-state index in [1.54, 1.807) is 12.1 Å². The summed E-state index contributed by atoms with van der Waals surface area (Å²) in [4.78, 5) is 11.3. The summed E-state index contributed by atoms with van der Waals surface area (Å²) in [6.07, 6.45) is -4.75. The summed E-state index contributed by atoms with van der Waals surface area (Å²) in [6, 6.07) is 7.48. The Morgan fingerprint density at radius 1 is 1.10 bits per heavy atom. The number of aromatic nitrogens is 2. The molecule has 0 unspecified atom stereocenters. The first-order valence-corrected chi connectivity index (χ1v) is 10.1. The summed E-state index contributed by atoms with van der Waals surface area (Å²) in [5, 5.41) is 6.52. The highest BCUT2D eigenvalue weighted by Crippen LogP contribution is 2.29. The lowest BCUT2D eigenvalue weighted by atomic mass is 10.1. The molecule has 31 heavy (non-hydrogen) atoms. The Bertz CT molecular complexity index is 865. The van der Waals surface area contributed by atoms with Crippen LogP contribution in [0.15, 0.2) is 30.3 Å². The van der Waals surface area contributed by atoms with Crippen molar-refractivity contribution in [3.05, 3.63) is 30.3 Å². The van der Waals surface area contributed by atoms with Crippen molar-refractivity contribution in [1.29, 1.82) is 0 Å². The Morgan fingerprint density at radius 2 is 1.84 bits per heavy atom. The number of nitrogens with one attached hydrogen (secondary N) is 2. The van der Waals surface area contributed by atoms with Crippen LogP contribution in [0.1, 0.15) is 20.8 Å². The van der Waals surface area contributed by atoms with Crippen molar-refractivity contribution in [2.45, 2.75) is 32.7 Å². The SMILES string of the molecule is CC(C)(C)Nc1nc(NCCN2CCOCC2)cc(-c2cccc(OC(F)(F)F)c2)n1. The van der Waals surface area contributed by atoms with Crippen LogP contribution in [-0.4, -0.2) is 66.2 Å². The van der Waals surface area contributed by atoms with E-state index >= 15 is 0 Å². The lowest BCUT2D eigenvalue weighted by Gasteiger charge is -2.26. The van der Waals surface area contributed by atoms with E-state index in [2.05, 4.69) is 30.2 Å². The predicted molar refractivity (Wildman–Crippen MR) is 113 cm³/mol. The van der Waals surface area contributed by atoms with Crippen molar-refractivity contribution in [3.63, 3.8) is 0 Å². The first-order chi connectivity index (χ1) is 14.6. The van der Waals surface area contributed by atoms with E-state index in [0.717, 1.165) is 32.8 Å². The first-order valence-electron chi connectivity index (χ1n) is 10.1. The van der Waals surface area contributed by atoms with Gasteiger partial charge in [0, 0.05) is 43.3 Å². The minimum absolute atomic E-state index is 0.287. The number of halogens is 3. The van der Waals surface area contributed by atoms with E-state index in [9.17, 15) is 13.2 Å². The van der Waals surface area contributed by atoms with Crippen LogP contribution in [0, 0.1) is 0 Å². The van der Waals surface area contributed by atoms with Gasteiger partial charge in [-0.2, -0.15) is 4.98 Å². The number of morpholine rings is 1. The molecule has 0 amide bonds. The third kappa shape index (κ3) is 7.87. The summed E-state index contributed by atoms with van der Waals surface area (Å²) in [5.74, 6) is 0.684. The topological polar surface area (TPSA) is 71.5 Å². The number of alkyl halides is 3. The number of hydrogen-bond acceptors (Lipinski definition) is 7. The molecule has 2 heterocycles. The van der Waals surface area contributed by atoms with Gasteiger partial charge in [0.15, 0.2) is 0 Å². The lowest BCUT2D eigenvalue weighted by Crippen LogP contribution is -2.39. The van der Waals surface area contributed by atoms with Crippen LogP contribution in [0.4, 0.5) is 24.9 Å². The highest BCUT2D eigenvalue weighted by atomic mass is 19.4. The number of rotatable bonds is 7. The second-order valence-corrected chi connectivity index (χ2v) is 8.29. The molecule has 1 aromatic heterocycles. The maximum Gasteiger partial charge on any atom is 0.573 e. The quantitative estimate of drug-likeness (QED) is 0.676. The van der Waals surface area contributed by atoms with Crippen molar-refractivity contribution < 1.29 is 22.6 Å². The molecule has 0 saturated carbocycles. The molecule has 170 valence electrons. The fourth-order valence-corrected chi connectivity index (χ4v) is 3.10. The molecular formula is C21H28F3N5O2. The van der Waals surface area contributed by atoms with E-state index in [-0.39, 0.29) is 11.3 Å². The zero-order chi connectivity index (χ0) is 22.5. The van der Waals surface area contributed by atoms with Crippen LogP contribution in [0.2, 0.25) is 0 Å². The average Bonchev–Trinajstić information content (AvgIpc) is 2.66. The number of nitrogens with zero attached hydrogens (tertiary/aromatic N) is 3. The molecule has 1 fully saturated rings. The average molecular weight is 439 g/mol. The molecule has 10 heteroatoms. The molecule has 1 aromatic carbocycles. The van der Waals surface area contributed by atoms with E-state index in [4.69, 9.17) is 4.74 Å². The Balaban J connectivity index is 1.80. The molecule has 2 N–H and O–H groups in total. The molecular weight excluding hydrogens is 411 g/mol. The summed E-state index contributed by atoms with van der Waals surface area (Å²) in [7, 11) is 0. The normalized spacial score (nSPS) is 15.5. The first kappa shape index (κ1) is 23.1.